The van der Waals surface area contributed by atoms with E-state index in [0.29, 0.717) is 5.92 Å². The Labute approximate surface area is 123 Å². The smallest absolute Gasteiger partial charge is 0.397 e. The normalized spacial score (nSPS) is 16.4. The fraction of sp³-hybridized carbons (Fsp3) is 0.583. The molecule has 2 aromatic heterocycles. The van der Waals surface area contributed by atoms with Gasteiger partial charge in [0.15, 0.2) is 0 Å². The predicted molar refractivity (Wildman–Crippen MR) is 75.7 cm³/mol. The lowest BCUT2D eigenvalue weighted by Crippen LogP contribution is -2.19. The molecule has 21 heavy (non-hydrogen) atoms. The van der Waals surface area contributed by atoms with Gasteiger partial charge in [0.2, 0.25) is 4.96 Å². The third kappa shape index (κ3) is 2.60. The summed E-state index contributed by atoms with van der Waals surface area (Å²) in [4.78, 5) is 25.7. The number of aromatic hydroxyl groups is 1. The zero-order valence-electron chi connectivity index (χ0n) is 11.2. The van der Waals surface area contributed by atoms with Crippen molar-refractivity contribution < 1.29 is 10.0 Å². The Morgan fingerprint density at radius 2 is 2.10 bits per heavy atom. The highest BCUT2D eigenvalue weighted by Gasteiger charge is 2.25. The van der Waals surface area contributed by atoms with E-state index in [1.165, 1.54) is 30.6 Å². The number of hydrogen-bond donors (Lipinski definition) is 1. The van der Waals surface area contributed by atoms with Gasteiger partial charge < -0.3 is 5.11 Å². The van der Waals surface area contributed by atoms with Gasteiger partial charge in [-0.15, -0.1) is 0 Å². The van der Waals surface area contributed by atoms with Crippen molar-refractivity contribution in [2.45, 2.75) is 38.5 Å². The highest BCUT2D eigenvalue weighted by Crippen LogP contribution is 2.28. The third-order valence-corrected chi connectivity index (χ3v) is 4.71. The Balaban J connectivity index is 1.98. The molecule has 0 unspecified atom stereocenters. The van der Waals surface area contributed by atoms with Crippen LogP contribution in [-0.4, -0.2) is 24.6 Å². The van der Waals surface area contributed by atoms with Crippen LogP contribution in [0.3, 0.4) is 0 Å². The molecule has 1 aliphatic rings. The largest absolute Gasteiger partial charge is 0.488 e. The zero-order valence-corrected chi connectivity index (χ0v) is 12.0. The van der Waals surface area contributed by atoms with Gasteiger partial charge in [-0.2, -0.15) is 14.6 Å². The molecular formula is C12H14N4O4S. The molecule has 9 heteroatoms. The topological polar surface area (TPSA) is 111 Å². The van der Waals surface area contributed by atoms with Crippen LogP contribution in [0.1, 0.15) is 37.1 Å². The molecule has 0 spiro atoms. The highest BCUT2D eigenvalue weighted by molar-refractivity contribution is 7.16. The van der Waals surface area contributed by atoms with E-state index >= 15 is 0 Å². The van der Waals surface area contributed by atoms with Crippen molar-refractivity contribution in [3.05, 3.63) is 25.5 Å². The van der Waals surface area contributed by atoms with E-state index in [1.54, 1.807) is 0 Å². The second-order valence-electron chi connectivity index (χ2n) is 5.24. The van der Waals surface area contributed by atoms with Crippen molar-refractivity contribution >= 4 is 22.0 Å². The molecule has 0 saturated heterocycles. The first kappa shape index (κ1) is 13.9. The number of rotatable bonds is 3. The summed E-state index contributed by atoms with van der Waals surface area (Å²) >= 11 is 1.20. The molecule has 1 aliphatic carbocycles. The molecule has 1 saturated carbocycles. The molecule has 1 N–H and O–H groups in total. The van der Waals surface area contributed by atoms with Crippen LogP contribution in [0.2, 0.25) is 0 Å². The molecule has 8 nitrogen and oxygen atoms in total. The van der Waals surface area contributed by atoms with Crippen molar-refractivity contribution in [1.82, 2.24) is 14.6 Å². The van der Waals surface area contributed by atoms with E-state index < -0.39 is 22.0 Å². The Kier molecular flexibility index (Phi) is 3.58. The highest BCUT2D eigenvalue weighted by atomic mass is 32.1. The summed E-state index contributed by atoms with van der Waals surface area (Å²) in [5.74, 6) is -0.309. The van der Waals surface area contributed by atoms with E-state index in [1.807, 2.05) is 0 Å². The lowest BCUT2D eigenvalue weighted by Gasteiger charge is -2.19. The average molecular weight is 310 g/mol. The monoisotopic (exact) mass is 310 g/mol. The second kappa shape index (κ2) is 5.40. The maximum Gasteiger partial charge on any atom is 0.397 e. The van der Waals surface area contributed by atoms with Crippen LogP contribution in [0.25, 0.3) is 4.96 Å². The van der Waals surface area contributed by atoms with E-state index in [4.69, 9.17) is 0 Å². The van der Waals surface area contributed by atoms with E-state index in [-0.39, 0.29) is 4.96 Å². The van der Waals surface area contributed by atoms with Gasteiger partial charge in [0.1, 0.15) is 5.01 Å². The van der Waals surface area contributed by atoms with Crippen LogP contribution in [0, 0.1) is 16.0 Å². The summed E-state index contributed by atoms with van der Waals surface area (Å²) in [6.45, 7) is 0. The van der Waals surface area contributed by atoms with Crippen LogP contribution in [0.15, 0.2) is 4.79 Å². The first-order chi connectivity index (χ1) is 10.1. The number of nitrogens with zero attached hydrogens (tertiary/aromatic N) is 4. The lowest BCUT2D eigenvalue weighted by molar-refractivity contribution is -0.387. The maximum atomic E-state index is 12.0. The molecule has 0 aromatic carbocycles. The maximum absolute atomic E-state index is 12.0. The molecule has 0 amide bonds. The summed E-state index contributed by atoms with van der Waals surface area (Å²) in [6, 6.07) is 0. The zero-order chi connectivity index (χ0) is 15.0. The van der Waals surface area contributed by atoms with Gasteiger partial charge in [-0.3, -0.25) is 14.9 Å². The molecule has 2 aromatic rings. The number of nitro groups is 1. The Morgan fingerprint density at radius 1 is 1.38 bits per heavy atom. The van der Waals surface area contributed by atoms with E-state index in [0.717, 1.165) is 28.8 Å². The van der Waals surface area contributed by atoms with Crippen LogP contribution in [0.5, 0.6) is 5.88 Å². The van der Waals surface area contributed by atoms with Gasteiger partial charge in [-0.05, 0) is 5.92 Å². The standard InChI is InChI=1S/C12H14N4O4S/c17-10-9(16(19)20)11(18)15-12(13-10)21-8(14-15)6-7-4-2-1-3-5-7/h7,17H,1-6H2. The van der Waals surface area contributed by atoms with E-state index in [9.17, 15) is 20.0 Å². The summed E-state index contributed by atoms with van der Waals surface area (Å²) in [5.41, 5.74) is -1.87. The van der Waals surface area contributed by atoms with Crippen molar-refractivity contribution in [3.63, 3.8) is 0 Å². The first-order valence-electron chi connectivity index (χ1n) is 6.82. The number of aromatic nitrogens is 3. The van der Waals surface area contributed by atoms with Crippen LogP contribution in [-0.2, 0) is 6.42 Å². The van der Waals surface area contributed by atoms with Crippen LogP contribution < -0.4 is 5.56 Å². The third-order valence-electron chi connectivity index (χ3n) is 3.78. The summed E-state index contributed by atoms with van der Waals surface area (Å²) in [7, 11) is 0. The molecule has 1 fully saturated rings. The fourth-order valence-corrected chi connectivity index (χ4v) is 3.74. The summed E-state index contributed by atoms with van der Waals surface area (Å²) in [5, 5.41) is 25.1. The fourth-order valence-electron chi connectivity index (χ4n) is 2.75. The van der Waals surface area contributed by atoms with Gasteiger partial charge in [0.05, 0.1) is 4.92 Å². The molecule has 0 aliphatic heterocycles. The molecule has 3 rings (SSSR count). The van der Waals surface area contributed by atoms with E-state index in [2.05, 4.69) is 10.1 Å². The van der Waals surface area contributed by atoms with Gasteiger partial charge in [-0.1, -0.05) is 43.4 Å². The Bertz CT molecular complexity index is 748. The van der Waals surface area contributed by atoms with Crippen LogP contribution in [0.4, 0.5) is 5.69 Å². The molecule has 0 atom stereocenters. The van der Waals surface area contributed by atoms with Gasteiger partial charge in [-0.25, -0.2) is 0 Å². The Hall–Kier alpha value is -2.03. The first-order valence-corrected chi connectivity index (χ1v) is 7.64. The number of fused-ring (bicyclic) bond motifs is 1. The van der Waals surface area contributed by atoms with Crippen molar-refractivity contribution in [2.75, 3.05) is 0 Å². The molecule has 0 radical (unpaired) electrons. The predicted octanol–water partition coefficient (Wildman–Crippen LogP) is 1.89. The summed E-state index contributed by atoms with van der Waals surface area (Å²) < 4.78 is 0.917. The van der Waals surface area contributed by atoms with Crippen LogP contribution >= 0.6 is 11.3 Å². The minimum absolute atomic E-state index is 0.189. The van der Waals surface area contributed by atoms with Crippen molar-refractivity contribution in [3.8, 4) is 5.88 Å². The molecule has 2 heterocycles. The minimum atomic E-state index is -0.936. The Morgan fingerprint density at radius 3 is 2.76 bits per heavy atom. The van der Waals surface area contributed by atoms with Gasteiger partial charge in [0.25, 0.3) is 0 Å². The minimum Gasteiger partial charge on any atom is -0.488 e. The lowest BCUT2D eigenvalue weighted by atomic mass is 9.87. The molecular weight excluding hydrogens is 296 g/mol. The number of hydrogen-bond acceptors (Lipinski definition) is 7. The average Bonchev–Trinajstić information content (AvgIpc) is 2.82. The quantitative estimate of drug-likeness (QED) is 0.684. The van der Waals surface area contributed by atoms with Gasteiger partial charge >= 0.3 is 17.1 Å². The second-order valence-corrected chi connectivity index (χ2v) is 6.29. The SMILES string of the molecule is O=c1c([N+](=O)[O-])c(O)nc2sc(CC3CCCCC3)nn12. The molecule has 0 bridgehead atoms. The summed E-state index contributed by atoms with van der Waals surface area (Å²) in [6.07, 6.45) is 6.72. The van der Waals surface area contributed by atoms with Gasteiger partial charge in [0, 0.05) is 6.42 Å². The van der Waals surface area contributed by atoms with Crippen molar-refractivity contribution in [2.24, 2.45) is 5.92 Å². The van der Waals surface area contributed by atoms with Crippen molar-refractivity contribution in [1.29, 1.82) is 0 Å². The molecule has 112 valence electrons.